The molecule has 1 saturated heterocycles. The van der Waals surface area contributed by atoms with Gasteiger partial charge in [-0.3, -0.25) is 4.90 Å². The summed E-state index contributed by atoms with van der Waals surface area (Å²) >= 11 is 0. The summed E-state index contributed by atoms with van der Waals surface area (Å²) in [5.41, 5.74) is 0.858. The van der Waals surface area contributed by atoms with Crippen LogP contribution in [-0.2, 0) is 16.6 Å². The summed E-state index contributed by atoms with van der Waals surface area (Å²) < 4.78 is 32.8. The molecular weight excluding hydrogens is 290 g/mol. The van der Waals surface area contributed by atoms with Crippen molar-refractivity contribution in [2.24, 2.45) is 0 Å². The number of hydrogen-bond acceptors (Lipinski definition) is 5. The van der Waals surface area contributed by atoms with Crippen molar-refractivity contribution in [1.29, 1.82) is 0 Å². The number of nitrogens with one attached hydrogen (secondary N) is 1. The predicted molar refractivity (Wildman–Crippen MR) is 79.1 cm³/mol. The van der Waals surface area contributed by atoms with Gasteiger partial charge < -0.3 is 4.52 Å². The van der Waals surface area contributed by atoms with Crippen molar-refractivity contribution >= 4 is 10.0 Å². The summed E-state index contributed by atoms with van der Waals surface area (Å²) in [6, 6.07) is 1.98. The second-order valence-corrected chi connectivity index (χ2v) is 8.13. The van der Waals surface area contributed by atoms with Gasteiger partial charge in [-0.15, -0.1) is 0 Å². The third-order valence-electron chi connectivity index (χ3n) is 4.46. The first kappa shape index (κ1) is 15.0. The van der Waals surface area contributed by atoms with Gasteiger partial charge in [0.05, 0.1) is 10.9 Å². The number of aromatic nitrogens is 1. The molecule has 0 unspecified atom stereocenters. The summed E-state index contributed by atoms with van der Waals surface area (Å²) in [7, 11) is -3.21. The summed E-state index contributed by atoms with van der Waals surface area (Å²) in [5.74, 6) is 0. The average Bonchev–Trinajstić information content (AvgIpc) is 3.12. The Morgan fingerprint density at radius 1 is 1.29 bits per heavy atom. The Hall–Kier alpha value is -0.920. The zero-order valence-electron chi connectivity index (χ0n) is 12.2. The van der Waals surface area contributed by atoms with Crippen molar-refractivity contribution in [3.05, 3.63) is 18.0 Å². The Kier molecular flexibility index (Phi) is 4.61. The monoisotopic (exact) mass is 313 g/mol. The minimum Gasteiger partial charge on any atom is -0.364 e. The Morgan fingerprint density at radius 3 is 2.81 bits per heavy atom. The number of hydrogen-bond donors (Lipinski definition) is 1. The van der Waals surface area contributed by atoms with Crippen molar-refractivity contribution in [3.63, 3.8) is 0 Å². The second kappa shape index (κ2) is 6.46. The van der Waals surface area contributed by atoms with E-state index >= 15 is 0 Å². The zero-order valence-corrected chi connectivity index (χ0v) is 13.0. The molecule has 1 aromatic heterocycles. The third-order valence-corrected chi connectivity index (χ3v) is 6.39. The average molecular weight is 313 g/mol. The fraction of sp³-hybridized carbons (Fsp3) is 0.786. The molecule has 2 fully saturated rings. The van der Waals surface area contributed by atoms with Gasteiger partial charge in [-0.2, -0.15) is 0 Å². The molecule has 2 aliphatic rings. The van der Waals surface area contributed by atoms with Crippen LogP contribution in [0, 0.1) is 0 Å². The maximum Gasteiger partial charge on any atom is 0.215 e. The van der Waals surface area contributed by atoms with Gasteiger partial charge >= 0.3 is 0 Å². The van der Waals surface area contributed by atoms with Gasteiger partial charge in [0.25, 0.3) is 0 Å². The number of rotatable bonds is 5. The maximum absolute atomic E-state index is 12.5. The van der Waals surface area contributed by atoms with Crippen molar-refractivity contribution in [2.75, 3.05) is 13.1 Å². The molecule has 0 aromatic carbocycles. The SMILES string of the molecule is O=S(=O)(NC1CCCC1)[C@H]1CCCN(Cc2ccon2)C1. The van der Waals surface area contributed by atoms with Gasteiger partial charge in [-0.25, -0.2) is 13.1 Å². The van der Waals surface area contributed by atoms with E-state index < -0.39 is 10.0 Å². The zero-order chi connectivity index (χ0) is 14.7. The van der Waals surface area contributed by atoms with Crippen LogP contribution in [0.2, 0.25) is 0 Å². The van der Waals surface area contributed by atoms with Crippen LogP contribution in [0.1, 0.15) is 44.2 Å². The van der Waals surface area contributed by atoms with Crippen molar-refractivity contribution in [1.82, 2.24) is 14.8 Å². The predicted octanol–water partition coefficient (Wildman–Crippen LogP) is 1.50. The first-order valence-corrected chi connectivity index (χ1v) is 9.31. The lowest BCUT2D eigenvalue weighted by Gasteiger charge is -2.32. The molecule has 1 aliphatic heterocycles. The molecule has 7 heteroatoms. The Labute approximate surface area is 125 Å². The molecule has 3 rings (SSSR count). The van der Waals surface area contributed by atoms with E-state index in [4.69, 9.17) is 4.52 Å². The van der Waals surface area contributed by atoms with E-state index in [0.717, 1.165) is 50.8 Å². The lowest BCUT2D eigenvalue weighted by Crippen LogP contribution is -2.48. The first-order valence-electron chi connectivity index (χ1n) is 7.76. The highest BCUT2D eigenvalue weighted by molar-refractivity contribution is 7.90. The number of nitrogens with zero attached hydrogens (tertiary/aromatic N) is 2. The van der Waals surface area contributed by atoms with E-state index in [0.29, 0.717) is 13.1 Å². The second-order valence-electron chi connectivity index (χ2n) is 6.13. The largest absolute Gasteiger partial charge is 0.364 e. The normalized spacial score (nSPS) is 25.4. The number of piperidine rings is 1. The smallest absolute Gasteiger partial charge is 0.215 e. The number of likely N-dealkylation sites (tertiary alicyclic amines) is 1. The van der Waals surface area contributed by atoms with E-state index in [9.17, 15) is 8.42 Å². The summed E-state index contributed by atoms with van der Waals surface area (Å²) in [5, 5.41) is 3.59. The molecule has 1 aliphatic carbocycles. The molecule has 1 atom stereocenters. The van der Waals surface area contributed by atoms with Gasteiger partial charge in [-0.05, 0) is 32.2 Å². The molecular formula is C14H23N3O3S. The standard InChI is InChI=1S/C14H23N3O3S/c18-21(19,16-12-4-1-2-5-12)14-6-3-8-17(11-14)10-13-7-9-20-15-13/h7,9,12,14,16H,1-6,8,10-11H2/t14-/m0/s1. The molecule has 0 amide bonds. The van der Waals surface area contributed by atoms with Crippen LogP contribution in [0.4, 0.5) is 0 Å². The molecule has 1 N–H and O–H groups in total. The molecule has 1 saturated carbocycles. The molecule has 1 aromatic rings. The minimum atomic E-state index is -3.21. The Balaban J connectivity index is 1.59. The summed E-state index contributed by atoms with van der Waals surface area (Å²) in [4.78, 5) is 2.15. The lowest BCUT2D eigenvalue weighted by atomic mass is 10.1. The molecule has 0 bridgehead atoms. The number of sulfonamides is 1. The topological polar surface area (TPSA) is 75.4 Å². The maximum atomic E-state index is 12.5. The van der Waals surface area contributed by atoms with Gasteiger partial charge in [-0.1, -0.05) is 18.0 Å². The molecule has 6 nitrogen and oxygen atoms in total. The van der Waals surface area contributed by atoms with Gasteiger partial charge in [0.1, 0.15) is 6.26 Å². The summed E-state index contributed by atoms with van der Waals surface area (Å²) in [6.45, 7) is 2.16. The van der Waals surface area contributed by atoms with E-state index in [1.165, 1.54) is 0 Å². The fourth-order valence-electron chi connectivity index (χ4n) is 3.33. The van der Waals surface area contributed by atoms with E-state index in [1.54, 1.807) is 6.26 Å². The van der Waals surface area contributed by atoms with Gasteiger partial charge in [0.2, 0.25) is 10.0 Å². The van der Waals surface area contributed by atoms with Crippen LogP contribution in [-0.4, -0.2) is 42.9 Å². The van der Waals surface area contributed by atoms with Crippen LogP contribution in [0.15, 0.2) is 16.9 Å². The van der Waals surface area contributed by atoms with Crippen LogP contribution in [0.3, 0.4) is 0 Å². The van der Waals surface area contributed by atoms with Crippen molar-refractivity contribution in [2.45, 2.75) is 56.4 Å². The van der Waals surface area contributed by atoms with Gasteiger partial charge in [0.15, 0.2) is 0 Å². The van der Waals surface area contributed by atoms with Crippen molar-refractivity contribution < 1.29 is 12.9 Å². The first-order chi connectivity index (χ1) is 10.1. The van der Waals surface area contributed by atoms with Crippen LogP contribution >= 0.6 is 0 Å². The molecule has 118 valence electrons. The van der Waals surface area contributed by atoms with E-state index in [1.807, 2.05) is 6.07 Å². The molecule has 21 heavy (non-hydrogen) atoms. The molecule has 0 radical (unpaired) electrons. The van der Waals surface area contributed by atoms with E-state index in [2.05, 4.69) is 14.8 Å². The Bertz CT molecular complexity index is 538. The Morgan fingerprint density at radius 2 is 2.10 bits per heavy atom. The van der Waals surface area contributed by atoms with Gasteiger partial charge in [0, 0.05) is 25.2 Å². The lowest BCUT2D eigenvalue weighted by molar-refractivity contribution is 0.215. The third kappa shape index (κ3) is 3.84. The highest BCUT2D eigenvalue weighted by Gasteiger charge is 2.33. The van der Waals surface area contributed by atoms with Crippen LogP contribution in [0.25, 0.3) is 0 Å². The quantitative estimate of drug-likeness (QED) is 0.891. The van der Waals surface area contributed by atoms with Crippen LogP contribution < -0.4 is 4.72 Å². The van der Waals surface area contributed by atoms with E-state index in [-0.39, 0.29) is 11.3 Å². The summed E-state index contributed by atoms with van der Waals surface area (Å²) in [6.07, 6.45) is 7.44. The fourth-order valence-corrected chi connectivity index (χ4v) is 5.11. The minimum absolute atomic E-state index is 0.154. The highest BCUT2D eigenvalue weighted by atomic mass is 32.2. The molecule has 0 spiro atoms. The van der Waals surface area contributed by atoms with Crippen molar-refractivity contribution in [3.8, 4) is 0 Å². The highest BCUT2D eigenvalue weighted by Crippen LogP contribution is 2.22. The van der Waals surface area contributed by atoms with Crippen LogP contribution in [0.5, 0.6) is 0 Å². The molecule has 2 heterocycles.